The van der Waals surface area contributed by atoms with E-state index in [4.69, 9.17) is 5.21 Å². The predicted molar refractivity (Wildman–Crippen MR) is 80.8 cm³/mol. The third-order valence-corrected chi connectivity index (χ3v) is 3.29. The molecule has 2 amide bonds. The summed E-state index contributed by atoms with van der Waals surface area (Å²) in [6.45, 7) is 1.44. The highest BCUT2D eigenvalue weighted by Gasteiger charge is 2.05. The van der Waals surface area contributed by atoms with Crippen molar-refractivity contribution in [2.75, 3.05) is 5.32 Å². The van der Waals surface area contributed by atoms with Gasteiger partial charge in [-0.1, -0.05) is 24.3 Å². The third kappa shape index (κ3) is 4.23. The average Bonchev–Trinajstić information content (AvgIpc) is 2.93. The van der Waals surface area contributed by atoms with Gasteiger partial charge < -0.3 is 5.32 Å². The maximum absolute atomic E-state index is 11.0. The fourth-order valence-electron chi connectivity index (χ4n) is 1.59. The Labute approximate surface area is 125 Å². The second-order valence-corrected chi connectivity index (χ2v) is 5.01. The van der Waals surface area contributed by atoms with Crippen LogP contribution in [0, 0.1) is 0 Å². The molecule has 0 bridgehead atoms. The molecule has 0 fully saturated rings. The summed E-state index contributed by atoms with van der Waals surface area (Å²) in [5.74, 6) is -0.739. The maximum Gasteiger partial charge on any atom is 0.267 e. The number of amides is 2. The zero-order chi connectivity index (χ0) is 15.2. The summed E-state index contributed by atoms with van der Waals surface area (Å²) in [5, 5.41) is 13.4. The number of hydroxylamine groups is 1. The van der Waals surface area contributed by atoms with Gasteiger partial charge >= 0.3 is 0 Å². The molecule has 1 aromatic heterocycles. The molecule has 0 unspecified atom stereocenters. The van der Waals surface area contributed by atoms with Gasteiger partial charge in [0.15, 0.2) is 5.13 Å². The molecule has 0 radical (unpaired) electrons. The Kier molecular flexibility index (Phi) is 4.81. The lowest BCUT2D eigenvalue weighted by molar-refractivity contribution is -0.124. The summed E-state index contributed by atoms with van der Waals surface area (Å²) in [4.78, 5) is 26.1. The van der Waals surface area contributed by atoms with Gasteiger partial charge in [-0.15, -0.1) is 11.3 Å². The first kappa shape index (κ1) is 14.9. The molecule has 0 atom stereocenters. The first-order valence-corrected chi connectivity index (χ1v) is 6.92. The summed E-state index contributed by atoms with van der Waals surface area (Å²) >= 11 is 1.36. The van der Waals surface area contributed by atoms with Gasteiger partial charge in [0.25, 0.3) is 5.91 Å². The minimum Gasteiger partial charge on any atom is -0.302 e. The highest BCUT2D eigenvalue weighted by Crippen LogP contribution is 2.25. The number of hydrogen-bond donors (Lipinski definition) is 3. The Hall–Kier alpha value is -2.51. The molecule has 6 nitrogen and oxygen atoms in total. The van der Waals surface area contributed by atoms with E-state index in [0.29, 0.717) is 5.13 Å². The Morgan fingerprint density at radius 1 is 1.29 bits per heavy atom. The maximum atomic E-state index is 11.0. The van der Waals surface area contributed by atoms with Gasteiger partial charge in [-0.05, 0) is 11.6 Å². The van der Waals surface area contributed by atoms with Crippen LogP contribution in [0.15, 0.2) is 35.7 Å². The normalized spacial score (nSPS) is 10.6. The number of carbonyl (C=O) groups is 2. The van der Waals surface area contributed by atoms with Crippen LogP contribution in [-0.2, 0) is 9.59 Å². The summed E-state index contributed by atoms with van der Waals surface area (Å²) in [6.07, 6.45) is 2.81. The van der Waals surface area contributed by atoms with E-state index in [2.05, 4.69) is 10.3 Å². The van der Waals surface area contributed by atoms with Crippen LogP contribution in [0.4, 0.5) is 5.13 Å². The monoisotopic (exact) mass is 303 g/mol. The highest BCUT2D eigenvalue weighted by molar-refractivity contribution is 7.14. The number of nitrogens with zero attached hydrogens (tertiary/aromatic N) is 1. The zero-order valence-corrected chi connectivity index (χ0v) is 12.0. The van der Waals surface area contributed by atoms with Crippen LogP contribution in [0.2, 0.25) is 0 Å². The summed E-state index contributed by atoms with van der Waals surface area (Å²) in [5.41, 5.74) is 4.02. The second-order valence-electron chi connectivity index (χ2n) is 4.15. The van der Waals surface area contributed by atoms with E-state index in [0.717, 1.165) is 16.8 Å². The molecule has 3 N–H and O–H groups in total. The van der Waals surface area contributed by atoms with E-state index in [1.165, 1.54) is 29.8 Å². The number of hydrogen-bond acceptors (Lipinski definition) is 5. The zero-order valence-electron chi connectivity index (χ0n) is 11.2. The SMILES string of the molecule is CC(=O)Nc1nc(-c2ccc(/C=C/C(=O)NO)cc2)cs1. The van der Waals surface area contributed by atoms with E-state index < -0.39 is 5.91 Å². The third-order valence-electron chi connectivity index (χ3n) is 2.53. The lowest BCUT2D eigenvalue weighted by atomic mass is 10.1. The first-order chi connectivity index (χ1) is 10.1. The highest BCUT2D eigenvalue weighted by atomic mass is 32.1. The number of anilines is 1. The van der Waals surface area contributed by atoms with Crippen LogP contribution >= 0.6 is 11.3 Å². The van der Waals surface area contributed by atoms with Crippen LogP contribution < -0.4 is 10.8 Å². The number of carbonyl (C=O) groups excluding carboxylic acids is 2. The van der Waals surface area contributed by atoms with Crippen LogP contribution in [-0.4, -0.2) is 22.0 Å². The largest absolute Gasteiger partial charge is 0.302 e. The van der Waals surface area contributed by atoms with Crippen molar-refractivity contribution in [3.05, 3.63) is 41.3 Å². The molecule has 7 heteroatoms. The van der Waals surface area contributed by atoms with Crippen molar-refractivity contribution in [2.24, 2.45) is 0 Å². The fraction of sp³-hybridized carbons (Fsp3) is 0.0714. The molecule has 0 spiro atoms. The molecule has 0 aliphatic heterocycles. The Balaban J connectivity index is 2.11. The van der Waals surface area contributed by atoms with Crippen molar-refractivity contribution >= 4 is 34.4 Å². The van der Waals surface area contributed by atoms with Gasteiger partial charge in [-0.25, -0.2) is 10.5 Å². The minimum atomic E-state index is -0.585. The standard InChI is InChI=1S/C14H13N3O3S/c1-9(18)15-14-16-12(8-21-14)11-5-2-10(3-6-11)4-7-13(19)17-20/h2-8,20H,1H3,(H,17,19)(H,15,16,18)/b7-4+. The van der Waals surface area contributed by atoms with Crippen molar-refractivity contribution < 1.29 is 14.8 Å². The van der Waals surface area contributed by atoms with Crippen molar-refractivity contribution in [3.63, 3.8) is 0 Å². The Morgan fingerprint density at radius 3 is 2.62 bits per heavy atom. The summed E-state index contributed by atoms with van der Waals surface area (Å²) < 4.78 is 0. The molecule has 108 valence electrons. The average molecular weight is 303 g/mol. The van der Waals surface area contributed by atoms with Gasteiger partial charge in [0.1, 0.15) is 0 Å². The molecular formula is C14H13N3O3S. The predicted octanol–water partition coefficient (Wildman–Crippen LogP) is 2.29. The lowest BCUT2D eigenvalue weighted by Gasteiger charge is -1.98. The number of benzene rings is 1. The second kappa shape index (κ2) is 6.78. The topological polar surface area (TPSA) is 91.3 Å². The van der Waals surface area contributed by atoms with Crippen LogP contribution in [0.3, 0.4) is 0 Å². The summed E-state index contributed by atoms with van der Waals surface area (Å²) in [7, 11) is 0. The number of nitrogens with one attached hydrogen (secondary N) is 2. The van der Waals surface area contributed by atoms with Crippen molar-refractivity contribution in [3.8, 4) is 11.3 Å². The molecule has 21 heavy (non-hydrogen) atoms. The van der Waals surface area contributed by atoms with Gasteiger partial charge in [0.2, 0.25) is 5.91 Å². The van der Waals surface area contributed by atoms with E-state index in [1.807, 2.05) is 29.6 Å². The van der Waals surface area contributed by atoms with E-state index in [-0.39, 0.29) is 5.91 Å². The van der Waals surface area contributed by atoms with Crippen molar-refractivity contribution in [1.29, 1.82) is 0 Å². The molecule has 0 saturated carbocycles. The number of aromatic nitrogens is 1. The molecule has 2 aromatic rings. The minimum absolute atomic E-state index is 0.154. The molecular weight excluding hydrogens is 290 g/mol. The number of thiazole rings is 1. The van der Waals surface area contributed by atoms with Gasteiger partial charge in [-0.3, -0.25) is 14.8 Å². The van der Waals surface area contributed by atoms with Gasteiger partial charge in [0.05, 0.1) is 5.69 Å². The van der Waals surface area contributed by atoms with Crippen LogP contribution in [0.1, 0.15) is 12.5 Å². The molecule has 0 aliphatic carbocycles. The fourth-order valence-corrected chi connectivity index (χ4v) is 2.35. The van der Waals surface area contributed by atoms with Gasteiger partial charge in [0, 0.05) is 23.9 Å². The van der Waals surface area contributed by atoms with Crippen molar-refractivity contribution in [2.45, 2.75) is 6.92 Å². The first-order valence-electron chi connectivity index (χ1n) is 6.04. The van der Waals surface area contributed by atoms with E-state index in [1.54, 1.807) is 6.08 Å². The van der Waals surface area contributed by atoms with Gasteiger partial charge in [-0.2, -0.15) is 0 Å². The Bertz CT molecular complexity index is 677. The molecule has 0 aliphatic rings. The summed E-state index contributed by atoms with van der Waals surface area (Å²) in [6, 6.07) is 7.38. The quantitative estimate of drug-likeness (QED) is 0.459. The number of rotatable bonds is 4. The molecule has 0 saturated heterocycles. The lowest BCUT2D eigenvalue weighted by Crippen LogP contribution is -2.14. The molecule has 2 rings (SSSR count). The Morgan fingerprint density at radius 2 is 2.00 bits per heavy atom. The van der Waals surface area contributed by atoms with E-state index in [9.17, 15) is 9.59 Å². The molecule has 1 heterocycles. The molecule has 1 aromatic carbocycles. The van der Waals surface area contributed by atoms with Crippen LogP contribution in [0.5, 0.6) is 0 Å². The van der Waals surface area contributed by atoms with Crippen molar-refractivity contribution in [1.82, 2.24) is 10.5 Å². The van der Waals surface area contributed by atoms with E-state index >= 15 is 0 Å². The smallest absolute Gasteiger partial charge is 0.267 e. The van der Waals surface area contributed by atoms with Crippen LogP contribution in [0.25, 0.3) is 17.3 Å².